The zero-order valence-corrected chi connectivity index (χ0v) is 13.8. The summed E-state index contributed by atoms with van der Waals surface area (Å²) in [6.45, 7) is 3.72. The minimum Gasteiger partial charge on any atom is -0.493 e. The third kappa shape index (κ3) is 3.17. The van der Waals surface area contributed by atoms with Crippen LogP contribution < -0.4 is 10.1 Å². The number of carbonyl (C=O) groups excluding carboxylic acids is 1. The van der Waals surface area contributed by atoms with Crippen molar-refractivity contribution in [2.24, 2.45) is 0 Å². The highest BCUT2D eigenvalue weighted by Crippen LogP contribution is 2.21. The van der Waals surface area contributed by atoms with Crippen molar-refractivity contribution in [1.29, 1.82) is 0 Å². The molecule has 6 heteroatoms. The molecular weight excluding hydrogens is 306 g/mol. The van der Waals surface area contributed by atoms with E-state index >= 15 is 0 Å². The first-order valence-corrected chi connectivity index (χ1v) is 7.64. The van der Waals surface area contributed by atoms with Crippen LogP contribution in [0, 0.1) is 6.92 Å². The maximum absolute atomic E-state index is 12.6. The quantitative estimate of drug-likeness (QED) is 0.781. The number of para-hydroxylation sites is 1. The van der Waals surface area contributed by atoms with Gasteiger partial charge in [0.05, 0.1) is 25.0 Å². The summed E-state index contributed by atoms with van der Waals surface area (Å²) in [7, 11) is 1.52. The van der Waals surface area contributed by atoms with Crippen LogP contribution in [0.4, 0.5) is 0 Å². The molecule has 0 aliphatic rings. The van der Waals surface area contributed by atoms with E-state index in [-0.39, 0.29) is 17.6 Å². The Labute approximate surface area is 140 Å². The molecule has 124 valence electrons. The van der Waals surface area contributed by atoms with E-state index in [1.165, 1.54) is 7.11 Å². The maximum atomic E-state index is 12.6. The summed E-state index contributed by atoms with van der Waals surface area (Å²) in [4.78, 5) is 12.6. The van der Waals surface area contributed by atoms with Crippen LogP contribution >= 0.6 is 0 Å². The summed E-state index contributed by atoms with van der Waals surface area (Å²) in [5, 5.41) is 7.23. The fourth-order valence-corrected chi connectivity index (χ4v) is 2.40. The molecule has 2 aromatic heterocycles. The van der Waals surface area contributed by atoms with E-state index in [0.717, 1.165) is 11.4 Å². The highest BCUT2D eigenvalue weighted by Gasteiger charge is 2.21. The molecular formula is C18H19N3O3. The number of amides is 1. The molecule has 3 rings (SSSR count). The Kier molecular flexibility index (Phi) is 4.37. The van der Waals surface area contributed by atoms with E-state index < -0.39 is 0 Å². The second-order valence-electron chi connectivity index (χ2n) is 5.47. The Hall–Kier alpha value is -3.02. The van der Waals surface area contributed by atoms with Crippen LogP contribution in [0.1, 0.15) is 35.0 Å². The Bertz CT molecular complexity index is 836. The van der Waals surface area contributed by atoms with Crippen LogP contribution in [0.25, 0.3) is 5.69 Å². The zero-order valence-electron chi connectivity index (χ0n) is 13.8. The van der Waals surface area contributed by atoms with Crippen molar-refractivity contribution in [1.82, 2.24) is 15.1 Å². The summed E-state index contributed by atoms with van der Waals surface area (Å²) < 4.78 is 12.5. The molecule has 2 heterocycles. The topological polar surface area (TPSA) is 69.3 Å². The van der Waals surface area contributed by atoms with E-state index in [1.54, 1.807) is 10.9 Å². The van der Waals surface area contributed by atoms with Crippen LogP contribution in [0.15, 0.2) is 53.1 Å². The normalized spacial score (nSPS) is 12.0. The number of nitrogens with one attached hydrogen (secondary N) is 1. The van der Waals surface area contributed by atoms with Crippen LogP contribution in [-0.2, 0) is 0 Å². The van der Waals surface area contributed by atoms with Crippen molar-refractivity contribution in [2.75, 3.05) is 7.11 Å². The van der Waals surface area contributed by atoms with Gasteiger partial charge >= 0.3 is 0 Å². The molecule has 0 saturated heterocycles. The Morgan fingerprint density at radius 3 is 2.62 bits per heavy atom. The smallest absolute Gasteiger partial charge is 0.276 e. The highest BCUT2D eigenvalue weighted by atomic mass is 16.5. The van der Waals surface area contributed by atoms with Gasteiger partial charge in [-0.2, -0.15) is 5.10 Å². The molecule has 1 amide bonds. The molecule has 0 aliphatic carbocycles. The molecule has 6 nitrogen and oxygen atoms in total. The predicted octanol–water partition coefficient (Wildman–Crippen LogP) is 3.27. The summed E-state index contributed by atoms with van der Waals surface area (Å²) >= 11 is 0. The van der Waals surface area contributed by atoms with E-state index in [1.807, 2.05) is 56.3 Å². The van der Waals surface area contributed by atoms with Crippen molar-refractivity contribution in [2.45, 2.75) is 19.9 Å². The molecule has 0 aliphatic heterocycles. The van der Waals surface area contributed by atoms with Gasteiger partial charge in [0, 0.05) is 0 Å². The highest BCUT2D eigenvalue weighted by molar-refractivity contribution is 5.95. The van der Waals surface area contributed by atoms with Gasteiger partial charge in [-0.15, -0.1) is 0 Å². The number of carbonyl (C=O) groups is 1. The van der Waals surface area contributed by atoms with E-state index in [9.17, 15) is 4.79 Å². The molecule has 1 atom stereocenters. The fraction of sp³-hybridized carbons (Fsp3) is 0.222. The van der Waals surface area contributed by atoms with Gasteiger partial charge in [0.25, 0.3) is 5.91 Å². The van der Waals surface area contributed by atoms with E-state index in [4.69, 9.17) is 9.15 Å². The number of furan rings is 1. The fourth-order valence-electron chi connectivity index (χ4n) is 2.40. The van der Waals surface area contributed by atoms with Gasteiger partial charge in [-0.25, -0.2) is 4.68 Å². The lowest BCUT2D eigenvalue weighted by Gasteiger charge is -2.10. The molecule has 1 N–H and O–H groups in total. The van der Waals surface area contributed by atoms with Crippen LogP contribution in [0.3, 0.4) is 0 Å². The van der Waals surface area contributed by atoms with Crippen molar-refractivity contribution in [3.05, 3.63) is 65.9 Å². The SMILES string of the molecule is COc1cn(-c2ccccc2)nc1C(=O)NC(C)c1ccc(C)o1. The lowest BCUT2D eigenvalue weighted by atomic mass is 10.2. The minimum absolute atomic E-state index is 0.233. The number of hydrogen-bond acceptors (Lipinski definition) is 4. The Balaban J connectivity index is 1.83. The van der Waals surface area contributed by atoms with Crippen molar-refractivity contribution >= 4 is 5.91 Å². The van der Waals surface area contributed by atoms with Gasteiger partial charge in [0.1, 0.15) is 11.5 Å². The summed E-state index contributed by atoms with van der Waals surface area (Å²) in [6.07, 6.45) is 1.69. The number of hydrogen-bond donors (Lipinski definition) is 1. The zero-order chi connectivity index (χ0) is 17.1. The number of benzene rings is 1. The van der Waals surface area contributed by atoms with Crippen LogP contribution in [0.2, 0.25) is 0 Å². The first-order chi connectivity index (χ1) is 11.6. The molecule has 3 aromatic rings. The monoisotopic (exact) mass is 325 g/mol. The van der Waals surface area contributed by atoms with E-state index in [0.29, 0.717) is 11.5 Å². The van der Waals surface area contributed by atoms with Crippen molar-refractivity contribution < 1.29 is 13.9 Å². The van der Waals surface area contributed by atoms with Gasteiger partial charge in [-0.1, -0.05) is 18.2 Å². The van der Waals surface area contributed by atoms with Gasteiger partial charge in [-0.3, -0.25) is 4.79 Å². The lowest BCUT2D eigenvalue weighted by molar-refractivity contribution is 0.0926. The van der Waals surface area contributed by atoms with Crippen LogP contribution in [-0.4, -0.2) is 22.8 Å². The largest absolute Gasteiger partial charge is 0.493 e. The molecule has 0 radical (unpaired) electrons. The predicted molar refractivity (Wildman–Crippen MR) is 89.4 cm³/mol. The number of ether oxygens (including phenoxy) is 1. The molecule has 1 unspecified atom stereocenters. The standard InChI is InChI=1S/C18H19N3O3/c1-12-9-10-15(24-12)13(2)19-18(22)17-16(23-3)11-21(20-17)14-7-5-4-6-8-14/h4-11,13H,1-3H3,(H,19,22). The number of nitrogens with zero attached hydrogens (tertiary/aromatic N) is 2. The molecule has 24 heavy (non-hydrogen) atoms. The lowest BCUT2D eigenvalue weighted by Crippen LogP contribution is -2.27. The average Bonchev–Trinajstić information content (AvgIpc) is 3.22. The number of aryl methyl sites for hydroxylation is 1. The first-order valence-electron chi connectivity index (χ1n) is 7.64. The second kappa shape index (κ2) is 6.62. The van der Waals surface area contributed by atoms with E-state index in [2.05, 4.69) is 10.4 Å². The van der Waals surface area contributed by atoms with Gasteiger partial charge < -0.3 is 14.5 Å². The van der Waals surface area contributed by atoms with Gasteiger partial charge in [0.15, 0.2) is 11.4 Å². The van der Waals surface area contributed by atoms with Crippen molar-refractivity contribution in [3.8, 4) is 11.4 Å². The van der Waals surface area contributed by atoms with Gasteiger partial charge in [0.2, 0.25) is 0 Å². The van der Waals surface area contributed by atoms with Gasteiger partial charge in [-0.05, 0) is 38.1 Å². The summed E-state index contributed by atoms with van der Waals surface area (Å²) in [5.41, 5.74) is 1.08. The average molecular weight is 325 g/mol. The molecule has 0 saturated carbocycles. The maximum Gasteiger partial charge on any atom is 0.276 e. The third-order valence-electron chi connectivity index (χ3n) is 3.67. The number of methoxy groups -OCH3 is 1. The third-order valence-corrected chi connectivity index (χ3v) is 3.67. The Morgan fingerprint density at radius 2 is 2.00 bits per heavy atom. The number of rotatable bonds is 5. The van der Waals surface area contributed by atoms with Crippen molar-refractivity contribution in [3.63, 3.8) is 0 Å². The molecule has 1 aromatic carbocycles. The van der Waals surface area contributed by atoms with Crippen LogP contribution in [0.5, 0.6) is 5.75 Å². The summed E-state index contributed by atoms with van der Waals surface area (Å²) in [6, 6.07) is 13.0. The minimum atomic E-state index is -0.317. The first kappa shape index (κ1) is 15.9. The number of aromatic nitrogens is 2. The second-order valence-corrected chi connectivity index (χ2v) is 5.47. The molecule has 0 spiro atoms. The Morgan fingerprint density at radius 1 is 1.25 bits per heavy atom. The molecule has 0 bridgehead atoms. The summed E-state index contributed by atoms with van der Waals surface area (Å²) in [5.74, 6) is 1.60. The molecule has 0 fully saturated rings.